The Morgan fingerprint density at radius 3 is 2.76 bits per heavy atom. The molecule has 0 spiro atoms. The molecular weight excluding hydrogens is 232 g/mol. The van der Waals surface area contributed by atoms with Crippen LogP contribution in [0.4, 0.5) is 0 Å². The number of unbranched alkanes of at least 4 members (excludes halogenated alkanes) is 1. The van der Waals surface area contributed by atoms with Crippen molar-refractivity contribution >= 4 is 11.8 Å². The third kappa shape index (κ3) is 7.42. The van der Waals surface area contributed by atoms with Gasteiger partial charge in [0.05, 0.1) is 12.7 Å². The summed E-state index contributed by atoms with van der Waals surface area (Å²) >= 11 is 1.75. The summed E-state index contributed by atoms with van der Waals surface area (Å²) < 4.78 is 5.38. The van der Waals surface area contributed by atoms with Crippen molar-refractivity contribution in [3.05, 3.63) is 35.9 Å². The molecule has 0 fully saturated rings. The molecule has 1 unspecified atom stereocenters. The van der Waals surface area contributed by atoms with Gasteiger partial charge in [-0.15, -0.1) is 0 Å². The highest BCUT2D eigenvalue weighted by molar-refractivity contribution is 7.98. The van der Waals surface area contributed by atoms with Crippen LogP contribution in [-0.4, -0.2) is 30.2 Å². The Bertz CT molecular complexity index is 277. The standard InChI is InChI=1S/C14H22O2S/c1-2-3-9-16-10-14(15)12-17-11-13-7-5-4-6-8-13/h4-8,14-15H,2-3,9-12H2,1H3. The van der Waals surface area contributed by atoms with Gasteiger partial charge in [-0.1, -0.05) is 43.7 Å². The average molecular weight is 254 g/mol. The van der Waals surface area contributed by atoms with Crippen LogP contribution in [0, 0.1) is 0 Å². The fourth-order valence-corrected chi connectivity index (χ4v) is 2.32. The molecule has 0 bridgehead atoms. The van der Waals surface area contributed by atoms with E-state index < -0.39 is 0 Å². The summed E-state index contributed by atoms with van der Waals surface area (Å²) in [5.74, 6) is 1.69. The molecule has 0 saturated heterocycles. The van der Waals surface area contributed by atoms with E-state index in [0.29, 0.717) is 6.61 Å². The van der Waals surface area contributed by atoms with Gasteiger partial charge in [0.2, 0.25) is 0 Å². The zero-order valence-electron chi connectivity index (χ0n) is 10.5. The quantitative estimate of drug-likeness (QED) is 0.687. The Hall–Kier alpha value is -0.510. The van der Waals surface area contributed by atoms with E-state index in [-0.39, 0.29) is 6.10 Å². The predicted molar refractivity (Wildman–Crippen MR) is 74.3 cm³/mol. The first kappa shape index (κ1) is 14.6. The first-order valence-corrected chi connectivity index (χ1v) is 7.36. The Balaban J connectivity index is 2.02. The highest BCUT2D eigenvalue weighted by atomic mass is 32.2. The molecule has 3 heteroatoms. The van der Waals surface area contributed by atoms with Crippen molar-refractivity contribution in [3.63, 3.8) is 0 Å². The molecule has 1 rings (SSSR count). The smallest absolute Gasteiger partial charge is 0.0863 e. The molecule has 2 nitrogen and oxygen atoms in total. The fraction of sp³-hybridized carbons (Fsp3) is 0.571. The van der Waals surface area contributed by atoms with E-state index in [9.17, 15) is 5.11 Å². The molecule has 1 aromatic carbocycles. The monoisotopic (exact) mass is 254 g/mol. The molecule has 1 atom stereocenters. The molecule has 0 aliphatic heterocycles. The molecule has 96 valence electrons. The molecule has 0 heterocycles. The van der Waals surface area contributed by atoms with Crippen molar-refractivity contribution in [3.8, 4) is 0 Å². The average Bonchev–Trinajstić information content (AvgIpc) is 2.36. The van der Waals surface area contributed by atoms with Crippen LogP contribution in [0.25, 0.3) is 0 Å². The van der Waals surface area contributed by atoms with Crippen LogP contribution in [0.2, 0.25) is 0 Å². The third-order valence-corrected chi connectivity index (χ3v) is 3.53. The molecule has 1 N–H and O–H groups in total. The predicted octanol–water partition coefficient (Wildman–Crippen LogP) is 3.10. The van der Waals surface area contributed by atoms with Crippen molar-refractivity contribution in [2.45, 2.75) is 31.6 Å². The van der Waals surface area contributed by atoms with Crippen LogP contribution in [0.5, 0.6) is 0 Å². The fourth-order valence-electron chi connectivity index (χ4n) is 1.40. The SMILES string of the molecule is CCCCOCC(O)CSCc1ccccc1. The lowest BCUT2D eigenvalue weighted by Crippen LogP contribution is -2.18. The molecule has 1 aromatic rings. The highest BCUT2D eigenvalue weighted by Gasteiger charge is 2.04. The van der Waals surface area contributed by atoms with Crippen LogP contribution in [0.1, 0.15) is 25.3 Å². The maximum Gasteiger partial charge on any atom is 0.0863 e. The number of ether oxygens (including phenoxy) is 1. The van der Waals surface area contributed by atoms with Gasteiger partial charge in [-0.3, -0.25) is 0 Å². The largest absolute Gasteiger partial charge is 0.390 e. The maximum absolute atomic E-state index is 9.68. The first-order chi connectivity index (χ1) is 8.33. The summed E-state index contributed by atoms with van der Waals surface area (Å²) in [7, 11) is 0. The van der Waals surface area contributed by atoms with Gasteiger partial charge in [0.15, 0.2) is 0 Å². The minimum atomic E-state index is -0.347. The Morgan fingerprint density at radius 2 is 2.06 bits per heavy atom. The highest BCUT2D eigenvalue weighted by Crippen LogP contribution is 2.12. The molecule has 0 amide bonds. The van der Waals surface area contributed by atoms with Crippen molar-refractivity contribution < 1.29 is 9.84 Å². The third-order valence-electron chi connectivity index (χ3n) is 2.37. The summed E-state index contributed by atoms with van der Waals surface area (Å²) in [4.78, 5) is 0. The van der Waals surface area contributed by atoms with Gasteiger partial charge in [-0.2, -0.15) is 11.8 Å². The van der Waals surface area contributed by atoms with Gasteiger partial charge in [-0.05, 0) is 12.0 Å². The van der Waals surface area contributed by atoms with E-state index in [4.69, 9.17) is 4.74 Å². The second kappa shape index (κ2) is 9.51. The van der Waals surface area contributed by atoms with Crippen LogP contribution >= 0.6 is 11.8 Å². The second-order valence-electron chi connectivity index (χ2n) is 4.08. The van der Waals surface area contributed by atoms with Crippen LogP contribution in [0.3, 0.4) is 0 Å². The summed E-state index contributed by atoms with van der Waals surface area (Å²) in [5, 5.41) is 9.68. The maximum atomic E-state index is 9.68. The molecule has 0 radical (unpaired) electrons. The molecule has 0 saturated carbocycles. The summed E-state index contributed by atoms with van der Waals surface area (Å²) in [6.45, 7) is 3.36. The number of benzene rings is 1. The van der Waals surface area contributed by atoms with E-state index in [1.54, 1.807) is 11.8 Å². The number of aliphatic hydroxyl groups excluding tert-OH is 1. The lowest BCUT2D eigenvalue weighted by atomic mass is 10.2. The van der Waals surface area contributed by atoms with Gasteiger partial charge in [0.1, 0.15) is 0 Å². The van der Waals surface area contributed by atoms with Gasteiger partial charge in [-0.25, -0.2) is 0 Å². The van der Waals surface area contributed by atoms with Gasteiger partial charge in [0.25, 0.3) is 0 Å². The van der Waals surface area contributed by atoms with Crippen LogP contribution < -0.4 is 0 Å². The zero-order valence-corrected chi connectivity index (χ0v) is 11.3. The van der Waals surface area contributed by atoms with Crippen molar-refractivity contribution in [2.75, 3.05) is 19.0 Å². The van der Waals surface area contributed by atoms with E-state index in [2.05, 4.69) is 19.1 Å². The Labute approximate surface area is 108 Å². The zero-order chi connectivity index (χ0) is 12.3. The Kier molecular flexibility index (Phi) is 8.14. The van der Waals surface area contributed by atoms with Gasteiger partial charge >= 0.3 is 0 Å². The van der Waals surface area contributed by atoms with Gasteiger partial charge in [0, 0.05) is 18.1 Å². The normalized spacial score (nSPS) is 12.6. The number of hydrogen-bond acceptors (Lipinski definition) is 3. The molecular formula is C14H22O2S. The van der Waals surface area contributed by atoms with E-state index in [1.165, 1.54) is 5.56 Å². The topological polar surface area (TPSA) is 29.5 Å². The molecule has 0 aliphatic carbocycles. The molecule has 0 aliphatic rings. The minimum Gasteiger partial charge on any atom is -0.390 e. The first-order valence-electron chi connectivity index (χ1n) is 6.20. The summed E-state index contributed by atoms with van der Waals surface area (Å²) in [6, 6.07) is 10.3. The Morgan fingerprint density at radius 1 is 1.29 bits per heavy atom. The summed E-state index contributed by atoms with van der Waals surface area (Å²) in [6.07, 6.45) is 1.86. The van der Waals surface area contributed by atoms with Crippen LogP contribution in [-0.2, 0) is 10.5 Å². The number of aliphatic hydroxyl groups is 1. The van der Waals surface area contributed by atoms with Crippen LogP contribution in [0.15, 0.2) is 30.3 Å². The van der Waals surface area contributed by atoms with Crippen molar-refractivity contribution in [1.29, 1.82) is 0 Å². The second-order valence-corrected chi connectivity index (χ2v) is 5.11. The lowest BCUT2D eigenvalue weighted by molar-refractivity contribution is 0.0473. The molecule has 17 heavy (non-hydrogen) atoms. The van der Waals surface area contributed by atoms with Crippen molar-refractivity contribution in [1.82, 2.24) is 0 Å². The van der Waals surface area contributed by atoms with Crippen molar-refractivity contribution in [2.24, 2.45) is 0 Å². The van der Waals surface area contributed by atoms with Gasteiger partial charge < -0.3 is 9.84 Å². The number of thioether (sulfide) groups is 1. The number of hydrogen-bond donors (Lipinski definition) is 1. The molecule has 0 aromatic heterocycles. The minimum absolute atomic E-state index is 0.347. The van der Waals surface area contributed by atoms with E-state index >= 15 is 0 Å². The number of rotatable bonds is 9. The lowest BCUT2D eigenvalue weighted by Gasteiger charge is -2.10. The van der Waals surface area contributed by atoms with E-state index in [1.807, 2.05) is 18.2 Å². The summed E-state index contributed by atoms with van der Waals surface area (Å²) in [5.41, 5.74) is 1.30. The van der Waals surface area contributed by atoms with E-state index in [0.717, 1.165) is 31.0 Å².